The molecule has 0 bridgehead atoms. The number of aliphatic hydroxyl groups is 1. The lowest BCUT2D eigenvalue weighted by atomic mass is 10.1. The summed E-state index contributed by atoms with van der Waals surface area (Å²) in [6.45, 7) is 1.63. The van der Waals surface area contributed by atoms with Crippen molar-refractivity contribution in [1.82, 2.24) is 24.3 Å². The van der Waals surface area contributed by atoms with Crippen molar-refractivity contribution >= 4 is 10.9 Å². The highest BCUT2D eigenvalue weighted by Gasteiger charge is 2.17. The summed E-state index contributed by atoms with van der Waals surface area (Å²) in [7, 11) is 1.83. The average molecular weight is 361 g/mol. The fraction of sp³-hybridized carbons (Fsp3) is 0.200. The van der Waals surface area contributed by atoms with E-state index in [0.717, 1.165) is 11.1 Å². The number of aliphatic hydroxyl groups excluding tert-OH is 1. The fourth-order valence-electron chi connectivity index (χ4n) is 3.05. The number of aromatic nitrogens is 5. The lowest BCUT2D eigenvalue weighted by Gasteiger charge is -2.14. The topological polar surface area (TPSA) is 85.8 Å². The van der Waals surface area contributed by atoms with Crippen LogP contribution in [0.25, 0.3) is 33.4 Å². The minimum Gasteiger partial charge on any atom is -0.394 e. The molecule has 3 heterocycles. The van der Waals surface area contributed by atoms with Gasteiger partial charge in [0.2, 0.25) is 0 Å². The van der Waals surface area contributed by atoms with E-state index in [0.29, 0.717) is 22.3 Å². The van der Waals surface area contributed by atoms with Crippen LogP contribution in [0.15, 0.2) is 59.9 Å². The number of hydrogen-bond donors (Lipinski definition) is 1. The van der Waals surface area contributed by atoms with Crippen LogP contribution < -0.4 is 5.56 Å². The maximum absolute atomic E-state index is 13.1. The van der Waals surface area contributed by atoms with Crippen LogP contribution in [-0.4, -0.2) is 36.0 Å². The molecule has 7 nitrogen and oxygen atoms in total. The molecule has 0 aliphatic heterocycles. The largest absolute Gasteiger partial charge is 0.394 e. The van der Waals surface area contributed by atoms with Gasteiger partial charge in [0.1, 0.15) is 11.2 Å². The molecule has 136 valence electrons. The predicted molar refractivity (Wildman–Crippen MR) is 103 cm³/mol. The first kappa shape index (κ1) is 17.1. The van der Waals surface area contributed by atoms with Gasteiger partial charge in [0, 0.05) is 24.4 Å². The quantitative estimate of drug-likeness (QED) is 0.603. The summed E-state index contributed by atoms with van der Waals surface area (Å²) in [6.07, 6.45) is 5.02. The number of benzene rings is 1. The molecule has 4 rings (SSSR count). The molecule has 4 aromatic rings. The molecule has 0 radical (unpaired) electrons. The number of aryl methyl sites for hydroxylation is 1. The van der Waals surface area contributed by atoms with E-state index in [1.165, 1.54) is 10.9 Å². The molecule has 27 heavy (non-hydrogen) atoms. The third-order valence-corrected chi connectivity index (χ3v) is 4.56. The van der Waals surface area contributed by atoms with Crippen LogP contribution in [0.1, 0.15) is 13.0 Å². The lowest BCUT2D eigenvalue weighted by molar-refractivity contribution is 0.236. The van der Waals surface area contributed by atoms with E-state index in [-0.39, 0.29) is 18.2 Å². The molecular weight excluding hydrogens is 342 g/mol. The van der Waals surface area contributed by atoms with Gasteiger partial charge >= 0.3 is 0 Å². The zero-order chi connectivity index (χ0) is 19.0. The Labute approximate surface area is 155 Å². The van der Waals surface area contributed by atoms with Crippen LogP contribution in [0.2, 0.25) is 0 Å². The third kappa shape index (κ3) is 3.02. The molecule has 1 atom stereocenters. The maximum atomic E-state index is 13.1. The minimum atomic E-state index is -0.357. The van der Waals surface area contributed by atoms with Gasteiger partial charge in [-0.1, -0.05) is 30.3 Å². The van der Waals surface area contributed by atoms with Gasteiger partial charge in [-0.05, 0) is 13.0 Å². The van der Waals surface area contributed by atoms with Crippen LogP contribution in [0.5, 0.6) is 0 Å². The second-order valence-corrected chi connectivity index (χ2v) is 6.51. The van der Waals surface area contributed by atoms with E-state index in [2.05, 4.69) is 10.1 Å². The van der Waals surface area contributed by atoms with Crippen molar-refractivity contribution in [2.45, 2.75) is 13.0 Å². The van der Waals surface area contributed by atoms with E-state index in [1.54, 1.807) is 23.9 Å². The van der Waals surface area contributed by atoms with Crippen LogP contribution in [0.3, 0.4) is 0 Å². The second-order valence-electron chi connectivity index (χ2n) is 6.51. The van der Waals surface area contributed by atoms with Gasteiger partial charge in [-0.15, -0.1) is 0 Å². The van der Waals surface area contributed by atoms with Crippen LogP contribution >= 0.6 is 0 Å². The molecule has 0 fully saturated rings. The molecule has 3 aromatic heterocycles. The summed E-state index contributed by atoms with van der Waals surface area (Å²) < 4.78 is 3.14. The fourth-order valence-corrected chi connectivity index (χ4v) is 3.05. The third-order valence-electron chi connectivity index (χ3n) is 4.56. The molecule has 1 aromatic carbocycles. The first-order chi connectivity index (χ1) is 13.1. The standard InChI is InChI=1S/C20H19N5O2/c1-13(11-26)25-12-21-19-16(20(25)27)8-17(14-6-4-3-5-7-14)23-18(19)15-9-22-24(2)10-15/h3-10,12-13,26H,11H2,1-2H3. The highest BCUT2D eigenvalue weighted by Crippen LogP contribution is 2.28. The van der Waals surface area contributed by atoms with Gasteiger partial charge in [-0.2, -0.15) is 5.10 Å². The Morgan fingerprint density at radius 3 is 2.63 bits per heavy atom. The monoisotopic (exact) mass is 361 g/mol. The van der Waals surface area contributed by atoms with Crippen LogP contribution in [-0.2, 0) is 7.05 Å². The number of fused-ring (bicyclic) bond motifs is 1. The van der Waals surface area contributed by atoms with Gasteiger partial charge in [0.15, 0.2) is 0 Å². The van der Waals surface area contributed by atoms with Crippen molar-refractivity contribution in [3.05, 3.63) is 65.5 Å². The maximum Gasteiger partial charge on any atom is 0.261 e. The summed E-state index contributed by atoms with van der Waals surface area (Å²) in [5.74, 6) is 0. The van der Waals surface area contributed by atoms with E-state index >= 15 is 0 Å². The Hall–Kier alpha value is -3.32. The van der Waals surface area contributed by atoms with Crippen LogP contribution in [0.4, 0.5) is 0 Å². The minimum absolute atomic E-state index is 0.140. The Balaban J connectivity index is 2.06. The lowest BCUT2D eigenvalue weighted by Crippen LogP contribution is -2.25. The number of nitrogens with zero attached hydrogens (tertiary/aromatic N) is 5. The number of hydrogen-bond acceptors (Lipinski definition) is 5. The number of rotatable bonds is 4. The molecule has 0 aliphatic rings. The van der Waals surface area contributed by atoms with E-state index in [4.69, 9.17) is 4.98 Å². The van der Waals surface area contributed by atoms with Gasteiger partial charge in [0.05, 0.1) is 36.3 Å². The molecule has 0 spiro atoms. The van der Waals surface area contributed by atoms with E-state index in [1.807, 2.05) is 43.6 Å². The Bertz CT molecular complexity index is 1160. The van der Waals surface area contributed by atoms with Crippen molar-refractivity contribution in [3.63, 3.8) is 0 Å². The normalized spacial score (nSPS) is 12.4. The van der Waals surface area contributed by atoms with E-state index < -0.39 is 0 Å². The highest BCUT2D eigenvalue weighted by atomic mass is 16.3. The molecular formula is C20H19N5O2. The highest BCUT2D eigenvalue weighted by molar-refractivity contribution is 5.93. The predicted octanol–water partition coefficient (Wildman–Crippen LogP) is 2.41. The second kappa shape index (κ2) is 6.77. The van der Waals surface area contributed by atoms with Crippen molar-refractivity contribution in [2.75, 3.05) is 6.61 Å². The van der Waals surface area contributed by atoms with Crippen molar-refractivity contribution in [2.24, 2.45) is 7.05 Å². The Morgan fingerprint density at radius 1 is 1.19 bits per heavy atom. The van der Waals surface area contributed by atoms with Gasteiger partial charge < -0.3 is 5.11 Å². The number of pyridine rings is 1. The van der Waals surface area contributed by atoms with Gasteiger partial charge in [0.25, 0.3) is 5.56 Å². The SMILES string of the molecule is CC(CO)n1cnc2c(-c3cnn(C)c3)nc(-c3ccccc3)cc2c1=O. The van der Waals surface area contributed by atoms with Crippen molar-refractivity contribution in [3.8, 4) is 22.5 Å². The molecule has 1 N–H and O–H groups in total. The summed E-state index contributed by atoms with van der Waals surface area (Å²) in [5, 5.41) is 14.1. The van der Waals surface area contributed by atoms with Crippen LogP contribution in [0, 0.1) is 0 Å². The molecule has 1 unspecified atom stereocenters. The average Bonchev–Trinajstić information content (AvgIpc) is 3.14. The Kier molecular flexibility index (Phi) is 4.29. The van der Waals surface area contributed by atoms with Gasteiger partial charge in [-0.25, -0.2) is 9.97 Å². The first-order valence-electron chi connectivity index (χ1n) is 8.65. The van der Waals surface area contributed by atoms with Crippen molar-refractivity contribution < 1.29 is 5.11 Å². The molecule has 7 heteroatoms. The summed E-state index contributed by atoms with van der Waals surface area (Å²) in [6, 6.07) is 11.1. The smallest absolute Gasteiger partial charge is 0.261 e. The van der Waals surface area contributed by atoms with Crippen molar-refractivity contribution in [1.29, 1.82) is 0 Å². The molecule has 0 amide bonds. The summed E-state index contributed by atoms with van der Waals surface area (Å²) >= 11 is 0. The molecule has 0 saturated heterocycles. The first-order valence-corrected chi connectivity index (χ1v) is 8.65. The zero-order valence-electron chi connectivity index (χ0n) is 15.1. The zero-order valence-corrected chi connectivity index (χ0v) is 15.1. The summed E-state index contributed by atoms with van der Waals surface area (Å²) in [5.41, 5.74) is 3.32. The Morgan fingerprint density at radius 2 is 1.96 bits per heavy atom. The molecule has 0 saturated carbocycles. The van der Waals surface area contributed by atoms with E-state index in [9.17, 15) is 9.90 Å². The van der Waals surface area contributed by atoms with Gasteiger partial charge in [-0.3, -0.25) is 14.0 Å². The summed E-state index contributed by atoms with van der Waals surface area (Å²) in [4.78, 5) is 22.3. The molecule has 0 aliphatic carbocycles.